The summed E-state index contributed by atoms with van der Waals surface area (Å²) in [5.41, 5.74) is -0.686. The second-order valence-corrected chi connectivity index (χ2v) is 7.57. The average molecular weight is 286 g/mol. The Morgan fingerprint density at radius 2 is 1.05 bits per heavy atom. The van der Waals surface area contributed by atoms with Crippen LogP contribution in [0, 0.1) is 10.8 Å². The Balaban J connectivity index is 3.34. The van der Waals surface area contributed by atoms with Crippen molar-refractivity contribution < 1.29 is 19.8 Å². The number of hydrogen-bond acceptors (Lipinski definition) is 2. The van der Waals surface area contributed by atoms with Gasteiger partial charge in [0.15, 0.2) is 0 Å². The highest BCUT2D eigenvalue weighted by atomic mass is 16.4. The van der Waals surface area contributed by atoms with E-state index < -0.39 is 12.2 Å². The fourth-order valence-electron chi connectivity index (χ4n) is 3.15. The normalized spacial score (nSPS) is 24.7. The second kappa shape index (κ2) is 5.14. The van der Waals surface area contributed by atoms with Crippen molar-refractivity contribution in [3.8, 4) is 0 Å². The van der Waals surface area contributed by atoms with Crippen LogP contribution in [0.4, 0.5) is 9.59 Å². The van der Waals surface area contributed by atoms with Gasteiger partial charge in [0.25, 0.3) is 0 Å². The summed E-state index contributed by atoms with van der Waals surface area (Å²) in [4.78, 5) is 25.8. The molecule has 0 radical (unpaired) electrons. The average Bonchev–Trinajstić information content (AvgIpc) is 2.24. The van der Waals surface area contributed by atoms with Crippen LogP contribution < -0.4 is 0 Å². The molecule has 1 aliphatic rings. The molecule has 20 heavy (non-hydrogen) atoms. The van der Waals surface area contributed by atoms with Gasteiger partial charge in [-0.3, -0.25) is 0 Å². The molecule has 0 aromatic rings. The molecule has 1 rings (SSSR count). The largest absolute Gasteiger partial charge is 0.465 e. The number of carboxylic acid groups (broad SMARTS) is 2. The molecule has 0 aliphatic carbocycles. The SMILES string of the molecule is CC(C)(C)C1C(C(C)(C)C)N(C(=O)O)CCN1C(=O)O. The molecule has 1 heterocycles. The van der Waals surface area contributed by atoms with Crippen molar-refractivity contribution in [2.75, 3.05) is 13.1 Å². The Hall–Kier alpha value is -1.46. The number of hydrogen-bond donors (Lipinski definition) is 2. The number of carbonyl (C=O) groups is 2. The van der Waals surface area contributed by atoms with Gasteiger partial charge in [0, 0.05) is 13.1 Å². The summed E-state index contributed by atoms with van der Waals surface area (Å²) >= 11 is 0. The number of piperazine rings is 1. The van der Waals surface area contributed by atoms with Crippen molar-refractivity contribution in [2.45, 2.75) is 53.6 Å². The minimum Gasteiger partial charge on any atom is -0.465 e. The van der Waals surface area contributed by atoms with E-state index in [-0.39, 0.29) is 36.0 Å². The Kier molecular flexibility index (Phi) is 4.27. The van der Waals surface area contributed by atoms with Gasteiger partial charge in [0.2, 0.25) is 0 Å². The summed E-state index contributed by atoms with van der Waals surface area (Å²) in [6.07, 6.45) is -1.96. The lowest BCUT2D eigenvalue weighted by atomic mass is 9.70. The summed E-state index contributed by atoms with van der Waals surface area (Å²) in [5.74, 6) is 0. The van der Waals surface area contributed by atoms with Crippen LogP contribution in [-0.4, -0.2) is 57.4 Å². The Bertz CT molecular complexity index is 357. The van der Waals surface area contributed by atoms with E-state index >= 15 is 0 Å². The molecule has 0 bridgehead atoms. The molecule has 1 aliphatic heterocycles. The molecule has 0 aromatic carbocycles. The molecule has 6 heteroatoms. The summed E-state index contributed by atoms with van der Waals surface area (Å²) in [6.45, 7) is 12.2. The third-order valence-electron chi connectivity index (χ3n) is 3.82. The predicted molar refractivity (Wildman–Crippen MR) is 75.9 cm³/mol. The first-order chi connectivity index (χ1) is 8.87. The molecule has 2 atom stereocenters. The summed E-state index contributed by atoms with van der Waals surface area (Å²) in [6, 6.07) is -0.741. The van der Waals surface area contributed by atoms with E-state index in [9.17, 15) is 19.8 Å². The zero-order chi connectivity index (χ0) is 15.9. The van der Waals surface area contributed by atoms with Crippen LogP contribution in [0.25, 0.3) is 0 Å². The van der Waals surface area contributed by atoms with Gasteiger partial charge in [0.1, 0.15) is 0 Å². The van der Waals surface area contributed by atoms with Gasteiger partial charge in [-0.2, -0.15) is 0 Å². The molecule has 2 unspecified atom stereocenters. The maximum absolute atomic E-state index is 11.5. The van der Waals surface area contributed by atoms with E-state index in [2.05, 4.69) is 0 Å². The molecule has 6 nitrogen and oxygen atoms in total. The van der Waals surface area contributed by atoms with Crippen molar-refractivity contribution in [1.82, 2.24) is 9.80 Å². The summed E-state index contributed by atoms with van der Waals surface area (Å²) in [7, 11) is 0. The lowest BCUT2D eigenvalue weighted by Gasteiger charge is -2.54. The van der Waals surface area contributed by atoms with Gasteiger partial charge in [-0.15, -0.1) is 0 Å². The van der Waals surface area contributed by atoms with E-state index in [0.29, 0.717) is 0 Å². The van der Waals surface area contributed by atoms with Crippen molar-refractivity contribution in [3.05, 3.63) is 0 Å². The molecule has 1 saturated heterocycles. The van der Waals surface area contributed by atoms with Crippen LogP contribution in [0.2, 0.25) is 0 Å². The summed E-state index contributed by atoms with van der Waals surface area (Å²) < 4.78 is 0. The van der Waals surface area contributed by atoms with Crippen LogP contribution in [-0.2, 0) is 0 Å². The zero-order valence-corrected chi connectivity index (χ0v) is 13.2. The smallest absolute Gasteiger partial charge is 0.407 e. The first kappa shape index (κ1) is 16.6. The predicted octanol–water partition coefficient (Wildman–Crippen LogP) is 2.79. The highest BCUT2D eigenvalue weighted by Gasteiger charge is 2.50. The lowest BCUT2D eigenvalue weighted by Crippen LogP contribution is -2.69. The lowest BCUT2D eigenvalue weighted by molar-refractivity contribution is -0.0514. The topological polar surface area (TPSA) is 81.1 Å². The molecule has 0 saturated carbocycles. The molecule has 1 fully saturated rings. The highest BCUT2D eigenvalue weighted by Crippen LogP contribution is 2.40. The van der Waals surface area contributed by atoms with Crippen LogP contribution in [0.5, 0.6) is 0 Å². The highest BCUT2D eigenvalue weighted by molar-refractivity contribution is 5.69. The van der Waals surface area contributed by atoms with Crippen LogP contribution >= 0.6 is 0 Å². The fourth-order valence-corrected chi connectivity index (χ4v) is 3.15. The first-order valence-corrected chi connectivity index (χ1v) is 6.86. The van der Waals surface area contributed by atoms with Gasteiger partial charge in [-0.25, -0.2) is 9.59 Å². The van der Waals surface area contributed by atoms with Gasteiger partial charge >= 0.3 is 12.2 Å². The zero-order valence-electron chi connectivity index (χ0n) is 13.2. The first-order valence-electron chi connectivity index (χ1n) is 6.86. The van der Waals surface area contributed by atoms with Crippen molar-refractivity contribution in [3.63, 3.8) is 0 Å². The fraction of sp³-hybridized carbons (Fsp3) is 0.857. The van der Waals surface area contributed by atoms with Crippen molar-refractivity contribution in [2.24, 2.45) is 10.8 Å². The Morgan fingerprint density at radius 1 is 0.800 bits per heavy atom. The minimum atomic E-state index is -0.982. The van der Waals surface area contributed by atoms with Gasteiger partial charge in [-0.1, -0.05) is 41.5 Å². The second-order valence-electron chi connectivity index (χ2n) is 7.57. The van der Waals surface area contributed by atoms with E-state index in [4.69, 9.17) is 0 Å². The molecule has 2 N–H and O–H groups in total. The molecular formula is C14H26N2O4. The minimum absolute atomic E-state index is 0.218. The number of amides is 2. The molecule has 116 valence electrons. The number of nitrogens with zero attached hydrogens (tertiary/aromatic N) is 2. The quantitative estimate of drug-likeness (QED) is 0.717. The Morgan fingerprint density at radius 3 is 1.20 bits per heavy atom. The van der Waals surface area contributed by atoms with E-state index in [1.165, 1.54) is 9.80 Å². The molecular weight excluding hydrogens is 260 g/mol. The maximum atomic E-state index is 11.5. The molecule has 0 spiro atoms. The molecule has 2 amide bonds. The van der Waals surface area contributed by atoms with E-state index in [0.717, 1.165) is 0 Å². The van der Waals surface area contributed by atoms with E-state index in [1.54, 1.807) is 0 Å². The third-order valence-corrected chi connectivity index (χ3v) is 3.82. The third kappa shape index (κ3) is 3.16. The standard InChI is InChI=1S/C14H26N2O4/c1-13(2,3)9-10(14(4,5)6)16(12(19)20)8-7-15(9)11(17)18/h9-10H,7-8H2,1-6H3,(H,17,18)(H,19,20). The monoisotopic (exact) mass is 286 g/mol. The van der Waals surface area contributed by atoms with Crippen LogP contribution in [0.15, 0.2) is 0 Å². The van der Waals surface area contributed by atoms with Gasteiger partial charge < -0.3 is 20.0 Å². The van der Waals surface area contributed by atoms with Crippen LogP contribution in [0.3, 0.4) is 0 Å². The van der Waals surface area contributed by atoms with Crippen molar-refractivity contribution in [1.29, 1.82) is 0 Å². The Labute approximate surface area is 120 Å². The maximum Gasteiger partial charge on any atom is 0.407 e. The number of rotatable bonds is 0. The van der Waals surface area contributed by atoms with E-state index in [1.807, 2.05) is 41.5 Å². The van der Waals surface area contributed by atoms with Crippen LogP contribution in [0.1, 0.15) is 41.5 Å². The van der Waals surface area contributed by atoms with Crippen molar-refractivity contribution >= 4 is 12.2 Å². The summed E-state index contributed by atoms with van der Waals surface area (Å²) in [5, 5.41) is 18.9. The molecule has 0 aromatic heterocycles. The van der Waals surface area contributed by atoms with Gasteiger partial charge in [-0.05, 0) is 10.8 Å². The van der Waals surface area contributed by atoms with Gasteiger partial charge in [0.05, 0.1) is 12.1 Å².